The molecule has 0 aliphatic carbocycles. The highest BCUT2D eigenvalue weighted by atomic mass is 19.1. The molecule has 1 aromatic heterocycles. The van der Waals surface area contributed by atoms with Crippen molar-refractivity contribution in [2.24, 2.45) is 7.05 Å². The molecule has 0 N–H and O–H groups in total. The van der Waals surface area contributed by atoms with E-state index in [-0.39, 0.29) is 11.8 Å². The van der Waals surface area contributed by atoms with Crippen LogP contribution in [0.25, 0.3) is 0 Å². The number of hydrogen-bond acceptors (Lipinski definition) is 4. The van der Waals surface area contributed by atoms with Crippen molar-refractivity contribution in [2.45, 2.75) is 13.5 Å². The summed E-state index contributed by atoms with van der Waals surface area (Å²) in [6.45, 7) is 2.55. The summed E-state index contributed by atoms with van der Waals surface area (Å²) < 4.78 is 19.6. The van der Waals surface area contributed by atoms with Crippen LogP contribution in [0.2, 0.25) is 0 Å². The number of aromatic nitrogens is 2. The van der Waals surface area contributed by atoms with E-state index in [1.807, 2.05) is 11.9 Å². The zero-order valence-electron chi connectivity index (χ0n) is 12.3. The van der Waals surface area contributed by atoms with Crippen molar-refractivity contribution in [3.63, 3.8) is 0 Å². The lowest BCUT2D eigenvalue weighted by molar-refractivity contribution is 0.0525. The van der Waals surface area contributed by atoms with Crippen molar-refractivity contribution < 1.29 is 13.9 Å². The van der Waals surface area contributed by atoms with Gasteiger partial charge in [-0.1, -0.05) is 0 Å². The van der Waals surface area contributed by atoms with Crippen molar-refractivity contribution in [3.8, 4) is 0 Å². The first-order valence-electron chi connectivity index (χ1n) is 6.67. The minimum Gasteiger partial charge on any atom is -0.462 e. The molecule has 0 spiro atoms. The topological polar surface area (TPSA) is 47.4 Å². The predicted octanol–water partition coefficient (Wildman–Crippen LogP) is 2.37. The Kier molecular flexibility index (Phi) is 4.57. The number of halogens is 1. The molecular weight excluding hydrogens is 273 g/mol. The number of esters is 1. The highest BCUT2D eigenvalue weighted by Crippen LogP contribution is 2.18. The fourth-order valence-corrected chi connectivity index (χ4v) is 2.04. The number of rotatable bonds is 5. The number of aryl methyl sites for hydroxylation is 1. The van der Waals surface area contributed by atoms with Gasteiger partial charge in [0.05, 0.1) is 25.0 Å². The zero-order chi connectivity index (χ0) is 15.4. The highest BCUT2D eigenvalue weighted by molar-refractivity contribution is 5.90. The number of carbonyl (C=O) groups excluding carboxylic acids is 1. The summed E-state index contributed by atoms with van der Waals surface area (Å²) in [5.41, 5.74) is 2.06. The Bertz CT molecular complexity index is 622. The van der Waals surface area contributed by atoms with Crippen molar-refractivity contribution in [1.29, 1.82) is 0 Å². The number of nitrogens with zero attached hydrogens (tertiary/aromatic N) is 3. The maximum Gasteiger partial charge on any atom is 0.341 e. The Morgan fingerprint density at radius 2 is 2.05 bits per heavy atom. The second kappa shape index (κ2) is 6.39. The smallest absolute Gasteiger partial charge is 0.341 e. The zero-order valence-corrected chi connectivity index (χ0v) is 12.3. The van der Waals surface area contributed by atoms with Gasteiger partial charge in [-0.05, 0) is 31.2 Å². The van der Waals surface area contributed by atoms with Crippen LogP contribution < -0.4 is 4.90 Å². The molecule has 0 amide bonds. The molecule has 5 nitrogen and oxygen atoms in total. The van der Waals surface area contributed by atoms with E-state index in [1.54, 1.807) is 30.8 Å². The summed E-state index contributed by atoms with van der Waals surface area (Å²) in [4.78, 5) is 13.8. The van der Waals surface area contributed by atoms with Crippen LogP contribution in [0, 0.1) is 5.82 Å². The highest BCUT2D eigenvalue weighted by Gasteiger charge is 2.18. The molecular formula is C15H18FN3O2. The van der Waals surface area contributed by atoms with Crippen LogP contribution >= 0.6 is 0 Å². The second-order valence-electron chi connectivity index (χ2n) is 4.68. The summed E-state index contributed by atoms with van der Waals surface area (Å²) in [5.74, 6) is -0.659. The van der Waals surface area contributed by atoms with Gasteiger partial charge in [0.1, 0.15) is 11.4 Å². The van der Waals surface area contributed by atoms with E-state index < -0.39 is 0 Å². The van der Waals surface area contributed by atoms with Crippen LogP contribution in [0.3, 0.4) is 0 Å². The maximum atomic E-state index is 13.0. The van der Waals surface area contributed by atoms with Gasteiger partial charge < -0.3 is 9.64 Å². The number of benzene rings is 1. The molecule has 0 aliphatic rings. The molecule has 1 aromatic carbocycles. The van der Waals surface area contributed by atoms with Gasteiger partial charge in [0, 0.05) is 19.8 Å². The molecule has 0 saturated heterocycles. The third kappa shape index (κ3) is 3.39. The number of carbonyl (C=O) groups is 1. The molecule has 0 aliphatic heterocycles. The first-order valence-corrected chi connectivity index (χ1v) is 6.67. The standard InChI is InChI=1S/C15H18FN3O2/c1-4-21-15(20)13-9-17-19(3)14(13)10-18(2)12-7-5-11(16)6-8-12/h5-9H,4,10H2,1-3H3. The van der Waals surface area contributed by atoms with Crippen LogP contribution in [-0.2, 0) is 18.3 Å². The molecule has 0 atom stereocenters. The van der Waals surface area contributed by atoms with Gasteiger partial charge in [-0.2, -0.15) is 5.10 Å². The Morgan fingerprint density at radius 1 is 1.38 bits per heavy atom. The average molecular weight is 291 g/mol. The summed E-state index contributed by atoms with van der Waals surface area (Å²) in [7, 11) is 3.64. The van der Waals surface area contributed by atoms with Crippen LogP contribution in [0.1, 0.15) is 23.0 Å². The van der Waals surface area contributed by atoms with Gasteiger partial charge in [-0.15, -0.1) is 0 Å². The molecule has 0 radical (unpaired) electrons. The Labute approximate surface area is 122 Å². The lowest BCUT2D eigenvalue weighted by Crippen LogP contribution is -2.21. The van der Waals surface area contributed by atoms with Gasteiger partial charge in [0.2, 0.25) is 0 Å². The first kappa shape index (κ1) is 15.0. The van der Waals surface area contributed by atoms with Gasteiger partial charge in [0.25, 0.3) is 0 Å². The third-order valence-electron chi connectivity index (χ3n) is 3.21. The van der Waals surface area contributed by atoms with E-state index in [4.69, 9.17) is 4.74 Å². The van der Waals surface area contributed by atoms with Gasteiger partial charge >= 0.3 is 5.97 Å². The summed E-state index contributed by atoms with van der Waals surface area (Å²) in [6.07, 6.45) is 1.51. The molecule has 6 heteroatoms. The van der Waals surface area contributed by atoms with Crippen LogP contribution in [0.15, 0.2) is 30.5 Å². The largest absolute Gasteiger partial charge is 0.462 e. The van der Waals surface area contributed by atoms with E-state index in [1.165, 1.54) is 18.3 Å². The summed E-state index contributed by atoms with van der Waals surface area (Å²) >= 11 is 0. The van der Waals surface area contributed by atoms with E-state index in [2.05, 4.69) is 5.10 Å². The molecule has 1 heterocycles. The molecule has 21 heavy (non-hydrogen) atoms. The van der Waals surface area contributed by atoms with Crippen molar-refractivity contribution >= 4 is 11.7 Å². The van der Waals surface area contributed by atoms with E-state index in [9.17, 15) is 9.18 Å². The number of hydrogen-bond donors (Lipinski definition) is 0. The molecule has 0 saturated carbocycles. The van der Waals surface area contributed by atoms with E-state index in [0.717, 1.165) is 11.4 Å². The molecule has 112 valence electrons. The lowest BCUT2D eigenvalue weighted by Gasteiger charge is -2.20. The van der Waals surface area contributed by atoms with Gasteiger partial charge in [-0.25, -0.2) is 9.18 Å². The first-order chi connectivity index (χ1) is 10.0. The molecule has 0 fully saturated rings. The normalized spacial score (nSPS) is 10.5. The average Bonchev–Trinajstić information content (AvgIpc) is 2.81. The van der Waals surface area contributed by atoms with Gasteiger partial charge in [-0.3, -0.25) is 4.68 Å². The maximum absolute atomic E-state index is 13.0. The number of ether oxygens (including phenoxy) is 1. The van der Waals surface area contributed by atoms with E-state index in [0.29, 0.717) is 18.7 Å². The fourth-order valence-electron chi connectivity index (χ4n) is 2.04. The van der Waals surface area contributed by atoms with Crippen molar-refractivity contribution in [3.05, 3.63) is 47.5 Å². The predicted molar refractivity (Wildman–Crippen MR) is 77.7 cm³/mol. The monoisotopic (exact) mass is 291 g/mol. The Hall–Kier alpha value is -2.37. The quantitative estimate of drug-likeness (QED) is 0.794. The van der Waals surface area contributed by atoms with E-state index >= 15 is 0 Å². The van der Waals surface area contributed by atoms with Crippen LogP contribution in [0.5, 0.6) is 0 Å². The molecule has 0 bridgehead atoms. The van der Waals surface area contributed by atoms with Crippen LogP contribution in [-0.4, -0.2) is 29.4 Å². The Balaban J connectivity index is 2.20. The van der Waals surface area contributed by atoms with Crippen LogP contribution in [0.4, 0.5) is 10.1 Å². The SMILES string of the molecule is CCOC(=O)c1cnn(C)c1CN(C)c1ccc(F)cc1. The number of anilines is 1. The molecule has 2 aromatic rings. The lowest BCUT2D eigenvalue weighted by atomic mass is 10.2. The summed E-state index contributed by atoms with van der Waals surface area (Å²) in [6, 6.07) is 6.19. The van der Waals surface area contributed by atoms with Crippen molar-refractivity contribution in [2.75, 3.05) is 18.6 Å². The molecule has 2 rings (SSSR count). The second-order valence-corrected chi connectivity index (χ2v) is 4.68. The fraction of sp³-hybridized carbons (Fsp3) is 0.333. The molecule has 0 unspecified atom stereocenters. The third-order valence-corrected chi connectivity index (χ3v) is 3.21. The minimum atomic E-state index is -0.381. The Morgan fingerprint density at radius 3 is 2.67 bits per heavy atom. The minimum absolute atomic E-state index is 0.278. The van der Waals surface area contributed by atoms with Crippen molar-refractivity contribution in [1.82, 2.24) is 9.78 Å². The van der Waals surface area contributed by atoms with Gasteiger partial charge in [0.15, 0.2) is 0 Å². The summed E-state index contributed by atoms with van der Waals surface area (Å²) in [5, 5.41) is 4.11.